The predicted molar refractivity (Wildman–Crippen MR) is 73.0 cm³/mol. The lowest BCUT2D eigenvalue weighted by atomic mass is 9.79. The molecule has 3 nitrogen and oxygen atoms in total. The lowest BCUT2D eigenvalue weighted by Gasteiger charge is -2.35. The van der Waals surface area contributed by atoms with Crippen molar-refractivity contribution in [1.29, 1.82) is 0 Å². The number of rotatable bonds is 6. The fourth-order valence-electron chi connectivity index (χ4n) is 3.10. The predicted octanol–water partition coefficient (Wildman–Crippen LogP) is 1.99. The van der Waals surface area contributed by atoms with Crippen molar-refractivity contribution in [3.8, 4) is 0 Å². The van der Waals surface area contributed by atoms with Crippen molar-refractivity contribution in [1.82, 2.24) is 4.90 Å². The zero-order valence-corrected chi connectivity index (χ0v) is 11.6. The van der Waals surface area contributed by atoms with Crippen LogP contribution in [0.5, 0.6) is 0 Å². The summed E-state index contributed by atoms with van der Waals surface area (Å²) in [4.78, 5) is 2.48. The molecule has 2 atom stereocenters. The molecule has 0 radical (unpaired) electrons. The van der Waals surface area contributed by atoms with Gasteiger partial charge in [-0.25, -0.2) is 0 Å². The summed E-state index contributed by atoms with van der Waals surface area (Å²) in [6.45, 7) is 8.35. The van der Waals surface area contributed by atoms with E-state index in [0.29, 0.717) is 6.54 Å². The van der Waals surface area contributed by atoms with Crippen LogP contribution in [0.25, 0.3) is 0 Å². The van der Waals surface area contributed by atoms with Gasteiger partial charge in [0.2, 0.25) is 0 Å². The minimum atomic E-state index is -0.507. The highest BCUT2D eigenvalue weighted by molar-refractivity contribution is 4.90. The summed E-state index contributed by atoms with van der Waals surface area (Å²) in [6.07, 6.45) is 6.30. The quantitative estimate of drug-likeness (QED) is 0.749. The molecule has 17 heavy (non-hydrogen) atoms. The van der Waals surface area contributed by atoms with Crippen LogP contribution in [0.4, 0.5) is 0 Å². The van der Waals surface area contributed by atoms with Crippen LogP contribution < -0.4 is 5.73 Å². The van der Waals surface area contributed by atoms with E-state index in [2.05, 4.69) is 18.7 Å². The minimum Gasteiger partial charge on any atom is -0.390 e. The number of hydrogen-bond donors (Lipinski definition) is 2. The lowest BCUT2D eigenvalue weighted by Crippen LogP contribution is -2.42. The van der Waals surface area contributed by atoms with Crippen molar-refractivity contribution in [2.24, 2.45) is 11.7 Å². The van der Waals surface area contributed by atoms with Crippen LogP contribution in [0.1, 0.15) is 52.4 Å². The molecule has 0 bridgehead atoms. The molecule has 1 heterocycles. The van der Waals surface area contributed by atoms with Gasteiger partial charge in [-0.05, 0) is 57.7 Å². The fraction of sp³-hybridized carbons (Fsp3) is 1.00. The van der Waals surface area contributed by atoms with E-state index in [1.54, 1.807) is 0 Å². The second kappa shape index (κ2) is 7.34. The van der Waals surface area contributed by atoms with Gasteiger partial charge in [0, 0.05) is 6.54 Å². The Kier molecular flexibility index (Phi) is 6.45. The Morgan fingerprint density at radius 2 is 2.00 bits per heavy atom. The van der Waals surface area contributed by atoms with Gasteiger partial charge in [-0.15, -0.1) is 0 Å². The van der Waals surface area contributed by atoms with Gasteiger partial charge in [-0.1, -0.05) is 20.3 Å². The number of nitrogens with two attached hydrogens (primary N) is 1. The lowest BCUT2D eigenvalue weighted by molar-refractivity contribution is -0.0313. The molecule has 3 N–H and O–H groups in total. The number of nitrogens with zero attached hydrogens (tertiary/aromatic N) is 1. The first-order chi connectivity index (χ1) is 8.16. The summed E-state index contributed by atoms with van der Waals surface area (Å²) in [7, 11) is 0. The largest absolute Gasteiger partial charge is 0.390 e. The van der Waals surface area contributed by atoms with Crippen molar-refractivity contribution in [3.05, 3.63) is 0 Å². The third-order valence-electron chi connectivity index (χ3n) is 4.17. The minimum absolute atomic E-state index is 0.286. The second-order valence-corrected chi connectivity index (χ2v) is 5.52. The maximum atomic E-state index is 10.8. The Bertz CT molecular complexity index is 210. The fourth-order valence-corrected chi connectivity index (χ4v) is 3.10. The van der Waals surface area contributed by atoms with Gasteiger partial charge in [0.15, 0.2) is 0 Å². The van der Waals surface area contributed by atoms with Crippen molar-refractivity contribution in [3.63, 3.8) is 0 Å². The van der Waals surface area contributed by atoms with Crippen molar-refractivity contribution >= 4 is 0 Å². The molecule has 0 saturated carbocycles. The standard InChI is InChI=1S/C14H30N2O/c1-3-6-13(12-15)14(17)7-5-10-16(9-4-2)11-8-14/h13,17H,3-12,15H2,1-2H3. The van der Waals surface area contributed by atoms with Crippen molar-refractivity contribution < 1.29 is 5.11 Å². The molecule has 1 aliphatic heterocycles. The summed E-state index contributed by atoms with van der Waals surface area (Å²) >= 11 is 0. The SMILES string of the molecule is CCCC(CN)C1(O)CCCN(CCC)CC1. The normalized spacial score (nSPS) is 28.9. The summed E-state index contributed by atoms with van der Waals surface area (Å²) in [5.41, 5.74) is 5.34. The molecule has 0 aromatic carbocycles. The number of likely N-dealkylation sites (tertiary alicyclic amines) is 1. The van der Waals surface area contributed by atoms with Crippen LogP contribution in [-0.2, 0) is 0 Å². The molecule has 1 aliphatic rings. The topological polar surface area (TPSA) is 49.5 Å². The molecule has 0 aromatic heterocycles. The average Bonchev–Trinajstić information content (AvgIpc) is 2.50. The third kappa shape index (κ3) is 4.23. The highest BCUT2D eigenvalue weighted by Crippen LogP contribution is 2.32. The highest BCUT2D eigenvalue weighted by atomic mass is 16.3. The molecule has 1 saturated heterocycles. The summed E-state index contributed by atoms with van der Waals surface area (Å²) in [5, 5.41) is 10.8. The Morgan fingerprint density at radius 1 is 1.24 bits per heavy atom. The molecule has 0 amide bonds. The van der Waals surface area contributed by atoms with E-state index in [1.165, 1.54) is 6.42 Å². The first kappa shape index (κ1) is 14.9. The number of aliphatic hydroxyl groups is 1. The molecular formula is C14H30N2O. The Labute approximate surface area is 106 Å². The molecule has 3 heteroatoms. The average molecular weight is 242 g/mol. The van der Waals surface area contributed by atoms with E-state index in [1.807, 2.05) is 0 Å². The Hall–Kier alpha value is -0.120. The number of hydrogen-bond acceptors (Lipinski definition) is 3. The first-order valence-electron chi connectivity index (χ1n) is 7.31. The van der Waals surface area contributed by atoms with Gasteiger partial charge >= 0.3 is 0 Å². The molecule has 1 rings (SSSR count). The monoisotopic (exact) mass is 242 g/mol. The van der Waals surface area contributed by atoms with E-state index in [9.17, 15) is 5.11 Å². The van der Waals surface area contributed by atoms with Gasteiger partial charge in [0.1, 0.15) is 0 Å². The van der Waals surface area contributed by atoms with Crippen LogP contribution in [-0.4, -0.2) is 41.8 Å². The van der Waals surface area contributed by atoms with Gasteiger partial charge in [-0.2, -0.15) is 0 Å². The van der Waals surface area contributed by atoms with Gasteiger partial charge in [0.05, 0.1) is 5.60 Å². The summed E-state index contributed by atoms with van der Waals surface area (Å²) < 4.78 is 0. The highest BCUT2D eigenvalue weighted by Gasteiger charge is 2.36. The van der Waals surface area contributed by atoms with Gasteiger partial charge in [0.25, 0.3) is 0 Å². The first-order valence-corrected chi connectivity index (χ1v) is 7.31. The van der Waals surface area contributed by atoms with Crippen molar-refractivity contribution in [2.75, 3.05) is 26.2 Å². The molecular weight excluding hydrogens is 212 g/mol. The van der Waals surface area contributed by atoms with Crippen LogP contribution in [0.3, 0.4) is 0 Å². The van der Waals surface area contributed by atoms with E-state index in [0.717, 1.165) is 51.7 Å². The van der Waals surface area contributed by atoms with Crippen LogP contribution in [0, 0.1) is 5.92 Å². The van der Waals surface area contributed by atoms with E-state index < -0.39 is 5.60 Å². The van der Waals surface area contributed by atoms with E-state index >= 15 is 0 Å². The summed E-state index contributed by atoms with van der Waals surface area (Å²) in [5.74, 6) is 0.286. The molecule has 0 spiro atoms. The third-order valence-corrected chi connectivity index (χ3v) is 4.17. The second-order valence-electron chi connectivity index (χ2n) is 5.52. The van der Waals surface area contributed by atoms with E-state index in [-0.39, 0.29) is 5.92 Å². The molecule has 102 valence electrons. The maximum Gasteiger partial charge on any atom is 0.0700 e. The van der Waals surface area contributed by atoms with Gasteiger partial charge in [-0.3, -0.25) is 0 Å². The summed E-state index contributed by atoms with van der Waals surface area (Å²) in [6, 6.07) is 0. The van der Waals surface area contributed by atoms with Crippen LogP contribution in [0.15, 0.2) is 0 Å². The molecule has 1 fully saturated rings. The smallest absolute Gasteiger partial charge is 0.0700 e. The zero-order valence-electron chi connectivity index (χ0n) is 11.6. The Balaban J connectivity index is 2.57. The van der Waals surface area contributed by atoms with Crippen molar-refractivity contribution in [2.45, 2.75) is 58.0 Å². The van der Waals surface area contributed by atoms with E-state index in [4.69, 9.17) is 5.73 Å². The molecule has 0 aliphatic carbocycles. The van der Waals surface area contributed by atoms with Crippen LogP contribution >= 0.6 is 0 Å². The van der Waals surface area contributed by atoms with Gasteiger partial charge < -0.3 is 15.7 Å². The Morgan fingerprint density at radius 3 is 2.59 bits per heavy atom. The van der Waals surface area contributed by atoms with Crippen LogP contribution in [0.2, 0.25) is 0 Å². The maximum absolute atomic E-state index is 10.8. The molecule has 0 aromatic rings. The molecule has 2 unspecified atom stereocenters. The zero-order chi connectivity index (χ0) is 12.7.